The van der Waals surface area contributed by atoms with E-state index >= 15 is 0 Å². The summed E-state index contributed by atoms with van der Waals surface area (Å²) in [7, 11) is 1.82. The monoisotopic (exact) mass is 522 g/mol. The van der Waals surface area contributed by atoms with Crippen molar-refractivity contribution in [2.75, 3.05) is 17.3 Å². The van der Waals surface area contributed by atoms with Gasteiger partial charge in [-0.3, -0.25) is 19.9 Å². The maximum Gasteiger partial charge on any atom is 0.257 e. The summed E-state index contributed by atoms with van der Waals surface area (Å²) in [5, 5.41) is 12.3. The quantitative estimate of drug-likeness (QED) is 0.425. The number of nitrogens with zero attached hydrogens (tertiary/aromatic N) is 5. The van der Waals surface area contributed by atoms with Crippen LogP contribution in [0.4, 0.5) is 11.6 Å². The molecule has 0 saturated heterocycles. The summed E-state index contributed by atoms with van der Waals surface area (Å²) in [5.41, 5.74) is 3.81. The zero-order valence-corrected chi connectivity index (χ0v) is 22.5. The van der Waals surface area contributed by atoms with Crippen molar-refractivity contribution in [1.29, 1.82) is 5.26 Å². The SMILES string of the molecule is CC1C=C(C(=O)Nc2nc3cc(N(C)C(=O)CC4CCCC4)ccc3n2CCc2ccccn2)C=CC1C#N. The lowest BCUT2D eigenvalue weighted by molar-refractivity contribution is -0.119. The number of nitrogens with one attached hydrogen (secondary N) is 1. The van der Waals surface area contributed by atoms with Crippen molar-refractivity contribution in [1.82, 2.24) is 14.5 Å². The topological polar surface area (TPSA) is 104 Å². The first-order valence-electron chi connectivity index (χ1n) is 13.7. The van der Waals surface area contributed by atoms with E-state index in [1.54, 1.807) is 23.2 Å². The Morgan fingerprint density at radius 2 is 2.03 bits per heavy atom. The first kappa shape index (κ1) is 26.4. The van der Waals surface area contributed by atoms with Crippen LogP contribution in [-0.2, 0) is 22.6 Å². The number of aromatic nitrogens is 3. The molecule has 1 fully saturated rings. The molecule has 39 heavy (non-hydrogen) atoms. The number of anilines is 2. The molecule has 2 aliphatic rings. The van der Waals surface area contributed by atoms with Crippen molar-refractivity contribution in [2.24, 2.45) is 17.8 Å². The van der Waals surface area contributed by atoms with Crippen LogP contribution in [0.25, 0.3) is 11.0 Å². The molecule has 0 aliphatic heterocycles. The number of benzene rings is 1. The van der Waals surface area contributed by atoms with Crippen LogP contribution in [0.3, 0.4) is 0 Å². The number of imidazole rings is 1. The highest BCUT2D eigenvalue weighted by molar-refractivity contribution is 6.06. The van der Waals surface area contributed by atoms with Gasteiger partial charge in [0.1, 0.15) is 0 Å². The van der Waals surface area contributed by atoms with Gasteiger partial charge in [-0.15, -0.1) is 0 Å². The molecule has 2 atom stereocenters. The molecule has 8 nitrogen and oxygen atoms in total. The highest BCUT2D eigenvalue weighted by Crippen LogP contribution is 2.30. The van der Waals surface area contributed by atoms with Crippen molar-refractivity contribution in [3.05, 3.63) is 72.1 Å². The number of fused-ring (bicyclic) bond motifs is 1. The van der Waals surface area contributed by atoms with E-state index < -0.39 is 0 Å². The van der Waals surface area contributed by atoms with Crippen molar-refractivity contribution >= 4 is 34.5 Å². The fraction of sp³-hybridized carbons (Fsp3) is 0.387. The summed E-state index contributed by atoms with van der Waals surface area (Å²) in [5.74, 6) is 0.469. The lowest BCUT2D eigenvalue weighted by Crippen LogP contribution is -2.27. The molecule has 2 aromatic heterocycles. The summed E-state index contributed by atoms with van der Waals surface area (Å²) in [4.78, 5) is 37.1. The van der Waals surface area contributed by atoms with E-state index in [-0.39, 0.29) is 23.7 Å². The summed E-state index contributed by atoms with van der Waals surface area (Å²) >= 11 is 0. The van der Waals surface area contributed by atoms with Gasteiger partial charge in [0.05, 0.1) is 23.0 Å². The van der Waals surface area contributed by atoms with E-state index in [9.17, 15) is 14.9 Å². The van der Waals surface area contributed by atoms with Gasteiger partial charge in [-0.25, -0.2) is 4.98 Å². The van der Waals surface area contributed by atoms with Crippen LogP contribution in [-0.4, -0.2) is 33.4 Å². The Kier molecular flexibility index (Phi) is 7.87. The Morgan fingerprint density at radius 1 is 1.21 bits per heavy atom. The van der Waals surface area contributed by atoms with Gasteiger partial charge in [0.15, 0.2) is 0 Å². The summed E-state index contributed by atoms with van der Waals surface area (Å²) < 4.78 is 1.99. The summed E-state index contributed by atoms with van der Waals surface area (Å²) in [6.07, 6.45) is 13.0. The number of allylic oxidation sites excluding steroid dienone is 2. The van der Waals surface area contributed by atoms with Crippen molar-refractivity contribution in [2.45, 2.75) is 52.0 Å². The lowest BCUT2D eigenvalue weighted by atomic mass is 9.88. The Balaban J connectivity index is 1.41. The zero-order chi connectivity index (χ0) is 27.4. The van der Waals surface area contributed by atoms with E-state index in [1.807, 2.05) is 61.0 Å². The maximum absolute atomic E-state index is 13.2. The van der Waals surface area contributed by atoms with Gasteiger partial charge >= 0.3 is 0 Å². The van der Waals surface area contributed by atoms with Gasteiger partial charge in [0, 0.05) is 49.6 Å². The molecule has 0 bridgehead atoms. The summed E-state index contributed by atoms with van der Waals surface area (Å²) in [6, 6.07) is 13.9. The van der Waals surface area contributed by atoms with Crippen LogP contribution >= 0.6 is 0 Å². The molecular weight excluding hydrogens is 488 g/mol. The molecule has 2 aliphatic carbocycles. The number of hydrogen-bond donors (Lipinski definition) is 1. The molecular formula is C31H34N6O2. The maximum atomic E-state index is 13.2. The molecule has 5 rings (SSSR count). The number of rotatable bonds is 8. The smallest absolute Gasteiger partial charge is 0.257 e. The molecule has 1 saturated carbocycles. The Bertz CT molecular complexity index is 1460. The minimum Gasteiger partial charge on any atom is -0.315 e. The molecule has 0 radical (unpaired) electrons. The molecule has 2 heterocycles. The minimum atomic E-state index is -0.270. The Hall–Kier alpha value is -4.25. The second-order valence-electron chi connectivity index (χ2n) is 10.6. The predicted octanol–water partition coefficient (Wildman–Crippen LogP) is 5.43. The van der Waals surface area contributed by atoms with Gasteiger partial charge in [-0.05, 0) is 55.0 Å². The van der Waals surface area contributed by atoms with E-state index in [0.717, 1.165) is 29.7 Å². The summed E-state index contributed by atoms with van der Waals surface area (Å²) in [6.45, 7) is 2.50. The molecule has 3 aromatic rings. The Labute approximate surface area is 229 Å². The number of pyridine rings is 1. The second-order valence-corrected chi connectivity index (χ2v) is 10.6. The van der Waals surface area contributed by atoms with Gasteiger partial charge in [0.2, 0.25) is 11.9 Å². The average molecular weight is 523 g/mol. The Morgan fingerprint density at radius 3 is 2.74 bits per heavy atom. The van der Waals surface area contributed by atoms with Crippen molar-refractivity contribution < 1.29 is 9.59 Å². The van der Waals surface area contributed by atoms with Crippen LogP contribution in [0.2, 0.25) is 0 Å². The third-order valence-corrected chi connectivity index (χ3v) is 7.88. The van der Waals surface area contributed by atoms with Crippen LogP contribution in [0.5, 0.6) is 0 Å². The first-order chi connectivity index (χ1) is 18.9. The molecule has 1 N–H and O–H groups in total. The van der Waals surface area contributed by atoms with Crippen molar-refractivity contribution in [3.8, 4) is 6.07 Å². The standard InChI is InChI=1S/C31H34N6O2/c1-21-17-23(10-11-24(21)20-32)30(39)35-31-34-27-19-26(36(2)29(38)18-22-7-3-4-8-22)12-13-28(27)37(31)16-14-25-9-5-6-15-33-25/h5-6,9-13,15,17,19,21-22,24H,3-4,7-8,14,16,18H2,1-2H3,(H,34,35,39). The third kappa shape index (κ3) is 5.93. The van der Waals surface area contributed by atoms with Crippen LogP contribution < -0.4 is 10.2 Å². The van der Waals surface area contributed by atoms with E-state index in [4.69, 9.17) is 4.98 Å². The molecule has 0 spiro atoms. The highest BCUT2D eigenvalue weighted by atomic mass is 16.2. The molecule has 2 amide bonds. The molecule has 1 aromatic carbocycles. The molecule has 2 unspecified atom stereocenters. The van der Waals surface area contributed by atoms with Gasteiger partial charge < -0.3 is 9.47 Å². The van der Waals surface area contributed by atoms with E-state index in [1.165, 1.54) is 12.8 Å². The minimum absolute atomic E-state index is 0.0522. The average Bonchev–Trinajstić information content (AvgIpc) is 3.58. The van der Waals surface area contributed by atoms with Crippen molar-refractivity contribution in [3.63, 3.8) is 0 Å². The van der Waals surface area contributed by atoms with Crippen LogP contribution in [0.1, 0.15) is 44.7 Å². The van der Waals surface area contributed by atoms with E-state index in [2.05, 4.69) is 16.4 Å². The highest BCUT2D eigenvalue weighted by Gasteiger charge is 2.23. The zero-order valence-electron chi connectivity index (χ0n) is 22.5. The largest absolute Gasteiger partial charge is 0.315 e. The molecule has 200 valence electrons. The number of carbonyl (C=O) groups is 2. The fourth-order valence-corrected chi connectivity index (χ4v) is 5.47. The van der Waals surface area contributed by atoms with Gasteiger partial charge in [-0.2, -0.15) is 5.26 Å². The van der Waals surface area contributed by atoms with Crippen LogP contribution in [0.15, 0.2) is 66.4 Å². The molecule has 8 heteroatoms. The number of hydrogen-bond acceptors (Lipinski definition) is 5. The number of amides is 2. The number of aryl methyl sites for hydroxylation is 2. The lowest BCUT2D eigenvalue weighted by Gasteiger charge is -2.19. The van der Waals surface area contributed by atoms with Gasteiger partial charge in [-0.1, -0.05) is 44.1 Å². The van der Waals surface area contributed by atoms with E-state index in [0.29, 0.717) is 42.3 Å². The normalized spacial score (nSPS) is 19.1. The van der Waals surface area contributed by atoms with Gasteiger partial charge in [0.25, 0.3) is 5.91 Å². The number of carbonyl (C=O) groups excluding carboxylic acids is 2. The second kappa shape index (κ2) is 11.6. The van der Waals surface area contributed by atoms with Crippen LogP contribution in [0, 0.1) is 29.1 Å². The number of nitriles is 1. The fourth-order valence-electron chi connectivity index (χ4n) is 5.47. The predicted molar refractivity (Wildman–Crippen MR) is 152 cm³/mol. The first-order valence-corrected chi connectivity index (χ1v) is 13.7. The third-order valence-electron chi connectivity index (χ3n) is 7.88.